The van der Waals surface area contributed by atoms with Crippen LogP contribution in [0.2, 0.25) is 0 Å². The highest BCUT2D eigenvalue weighted by atomic mass is 35.5. The van der Waals surface area contributed by atoms with Crippen LogP contribution in [0.1, 0.15) is 24.8 Å². The summed E-state index contributed by atoms with van der Waals surface area (Å²) in [6.45, 7) is 0.595. The molecule has 4 rings (SSSR count). The third kappa shape index (κ3) is 6.62. The van der Waals surface area contributed by atoms with Crippen LogP contribution in [0.15, 0.2) is 77.2 Å². The zero-order valence-corrected chi connectivity index (χ0v) is 22.4. The first-order valence-corrected chi connectivity index (χ1v) is 14.5. The number of carbonyl (C=O) groups is 2. The molecule has 0 aromatic heterocycles. The number of allylic oxidation sites excluding steroid dienone is 3. The first-order chi connectivity index (χ1) is 17.6. The number of hydrogen-bond donors (Lipinski definition) is 3. The summed E-state index contributed by atoms with van der Waals surface area (Å²) in [6, 6.07) is 13.8. The molecule has 2 aliphatic rings. The molecule has 0 bridgehead atoms. The molecule has 37 heavy (non-hydrogen) atoms. The van der Waals surface area contributed by atoms with Crippen molar-refractivity contribution in [3.05, 3.63) is 77.9 Å². The van der Waals surface area contributed by atoms with Gasteiger partial charge in [0.15, 0.2) is 0 Å². The molecule has 1 saturated carbocycles. The van der Waals surface area contributed by atoms with Gasteiger partial charge in [0.2, 0.25) is 21.8 Å². The van der Waals surface area contributed by atoms with Crippen molar-refractivity contribution in [2.24, 2.45) is 17.0 Å². The number of nitrogens with one attached hydrogen (secondary N) is 2. The van der Waals surface area contributed by atoms with E-state index in [1.807, 2.05) is 24.3 Å². The summed E-state index contributed by atoms with van der Waals surface area (Å²) in [5, 5.41) is 10.5. The zero-order chi connectivity index (χ0) is 26.6. The van der Waals surface area contributed by atoms with Gasteiger partial charge in [0, 0.05) is 30.5 Å². The minimum Gasteiger partial charge on any atom is -0.352 e. The third-order valence-electron chi connectivity index (χ3n) is 6.82. The maximum absolute atomic E-state index is 12.9. The molecule has 2 amide bonds. The molecule has 196 valence electrons. The minimum atomic E-state index is -3.86. The Labute approximate surface area is 227 Å². The zero-order valence-electron chi connectivity index (χ0n) is 20.1. The molecule has 7 nitrogen and oxygen atoms in total. The molecule has 10 heteroatoms. The number of primary sulfonamides is 1. The Balaban J connectivity index is 1.33. The molecular weight excluding hydrogens is 533 g/mol. The van der Waals surface area contributed by atoms with Gasteiger partial charge in [0.05, 0.1) is 15.6 Å². The SMILES string of the molecule is NS(=O)(=O)c1ccccc1-c1ccc(CNC(=O)C2CCC[C@H]2C(=O)NCC2=CC=CC(Cl)C2Cl)cc1. The number of rotatable bonds is 8. The Hall–Kier alpha value is -2.65. The first-order valence-electron chi connectivity index (χ1n) is 12.1. The summed E-state index contributed by atoms with van der Waals surface area (Å²) < 4.78 is 23.8. The highest BCUT2D eigenvalue weighted by Crippen LogP contribution is 2.33. The minimum absolute atomic E-state index is 0.0573. The number of halogens is 2. The second-order valence-corrected chi connectivity index (χ2v) is 11.8. The molecule has 2 aliphatic carbocycles. The largest absolute Gasteiger partial charge is 0.352 e. The lowest BCUT2D eigenvalue weighted by molar-refractivity contribution is -0.133. The highest BCUT2D eigenvalue weighted by molar-refractivity contribution is 7.89. The van der Waals surface area contributed by atoms with Gasteiger partial charge in [-0.3, -0.25) is 9.59 Å². The summed E-state index contributed by atoms with van der Waals surface area (Å²) in [5.41, 5.74) is 2.91. The second kappa shape index (κ2) is 11.8. The topological polar surface area (TPSA) is 118 Å². The molecule has 3 unspecified atom stereocenters. The normalized spacial score (nSPS) is 23.4. The average Bonchev–Trinajstić information content (AvgIpc) is 3.38. The van der Waals surface area contributed by atoms with Crippen molar-refractivity contribution >= 4 is 45.0 Å². The number of benzene rings is 2. The number of amides is 2. The van der Waals surface area contributed by atoms with Gasteiger partial charge < -0.3 is 10.6 Å². The Kier molecular flexibility index (Phi) is 8.75. The maximum Gasteiger partial charge on any atom is 0.238 e. The van der Waals surface area contributed by atoms with Gasteiger partial charge in [-0.1, -0.05) is 67.1 Å². The van der Waals surface area contributed by atoms with E-state index in [2.05, 4.69) is 10.6 Å². The van der Waals surface area contributed by atoms with E-state index in [1.54, 1.807) is 36.4 Å². The fourth-order valence-corrected chi connectivity index (χ4v) is 6.06. The van der Waals surface area contributed by atoms with E-state index in [-0.39, 0.29) is 27.5 Å². The highest BCUT2D eigenvalue weighted by Gasteiger charge is 2.37. The van der Waals surface area contributed by atoms with Crippen molar-refractivity contribution in [3.63, 3.8) is 0 Å². The van der Waals surface area contributed by atoms with Crippen molar-refractivity contribution in [2.45, 2.75) is 41.5 Å². The van der Waals surface area contributed by atoms with Crippen molar-refractivity contribution < 1.29 is 18.0 Å². The number of nitrogens with two attached hydrogens (primary N) is 1. The lowest BCUT2D eigenvalue weighted by Crippen LogP contribution is -2.41. The van der Waals surface area contributed by atoms with E-state index in [9.17, 15) is 18.0 Å². The molecule has 2 aromatic carbocycles. The van der Waals surface area contributed by atoms with Gasteiger partial charge in [-0.05, 0) is 35.6 Å². The molecule has 1 fully saturated rings. The third-order valence-corrected chi connectivity index (χ3v) is 8.87. The van der Waals surface area contributed by atoms with Crippen molar-refractivity contribution in [3.8, 4) is 11.1 Å². The predicted octanol–water partition coefficient (Wildman–Crippen LogP) is 3.86. The standard InChI is InChI=1S/C27H29Cl2N3O4S/c28-23-9-3-5-19(25(23)29)16-32-27(34)22-8-4-7-21(22)26(33)31-15-17-11-13-18(14-12-17)20-6-1-2-10-24(20)37(30,35)36/h1-3,5-6,9-14,21-23,25H,4,7-8,15-16H2,(H,31,33)(H,32,34)(H2,30,35,36)/t21?,22-,23?,25?/m1/s1. The van der Waals surface area contributed by atoms with Crippen LogP contribution in [0, 0.1) is 11.8 Å². The van der Waals surface area contributed by atoms with Gasteiger partial charge in [-0.2, -0.15) is 0 Å². The Morgan fingerprint density at radius 2 is 1.54 bits per heavy atom. The summed E-state index contributed by atoms with van der Waals surface area (Å²) in [6.07, 6.45) is 7.61. The fraction of sp³-hybridized carbons (Fsp3) is 0.333. The van der Waals surface area contributed by atoms with E-state index in [0.717, 1.165) is 17.6 Å². The van der Waals surface area contributed by atoms with Gasteiger partial charge in [-0.15, -0.1) is 23.2 Å². The monoisotopic (exact) mass is 561 g/mol. The Morgan fingerprint density at radius 1 is 0.919 bits per heavy atom. The number of sulfonamides is 1. The van der Waals surface area contributed by atoms with Gasteiger partial charge in [-0.25, -0.2) is 13.6 Å². The van der Waals surface area contributed by atoms with Crippen LogP contribution >= 0.6 is 23.2 Å². The molecule has 0 radical (unpaired) electrons. The van der Waals surface area contributed by atoms with E-state index in [0.29, 0.717) is 37.1 Å². The molecule has 4 atom stereocenters. The van der Waals surface area contributed by atoms with E-state index < -0.39 is 21.9 Å². The molecular formula is C27H29Cl2N3O4S. The lowest BCUT2D eigenvalue weighted by atomic mass is 9.93. The summed E-state index contributed by atoms with van der Waals surface area (Å²) in [4.78, 5) is 25.9. The van der Waals surface area contributed by atoms with Crippen LogP contribution in [-0.2, 0) is 26.2 Å². The van der Waals surface area contributed by atoms with E-state index >= 15 is 0 Å². The lowest BCUT2D eigenvalue weighted by Gasteiger charge is -2.22. The average molecular weight is 563 g/mol. The predicted molar refractivity (Wildman–Crippen MR) is 145 cm³/mol. The van der Waals surface area contributed by atoms with Crippen LogP contribution in [0.25, 0.3) is 11.1 Å². The van der Waals surface area contributed by atoms with Crippen LogP contribution < -0.4 is 15.8 Å². The number of hydrogen-bond acceptors (Lipinski definition) is 4. The first kappa shape index (κ1) is 27.4. The van der Waals surface area contributed by atoms with Crippen LogP contribution in [0.3, 0.4) is 0 Å². The molecule has 0 spiro atoms. The van der Waals surface area contributed by atoms with Gasteiger partial charge >= 0.3 is 0 Å². The molecule has 0 aliphatic heterocycles. The Morgan fingerprint density at radius 3 is 2.19 bits per heavy atom. The fourth-order valence-electron chi connectivity index (χ4n) is 4.82. The van der Waals surface area contributed by atoms with Crippen molar-refractivity contribution in [2.75, 3.05) is 6.54 Å². The van der Waals surface area contributed by atoms with E-state index in [1.165, 1.54) is 6.07 Å². The molecule has 2 aromatic rings. The van der Waals surface area contributed by atoms with Gasteiger partial charge in [0.1, 0.15) is 0 Å². The second-order valence-electron chi connectivity index (χ2n) is 9.29. The van der Waals surface area contributed by atoms with Gasteiger partial charge in [0.25, 0.3) is 0 Å². The molecule has 0 saturated heterocycles. The van der Waals surface area contributed by atoms with Crippen molar-refractivity contribution in [1.29, 1.82) is 0 Å². The quantitative estimate of drug-likeness (QED) is 0.424. The smallest absolute Gasteiger partial charge is 0.238 e. The molecule has 4 N–H and O–H groups in total. The summed E-state index contributed by atoms with van der Waals surface area (Å²) >= 11 is 12.5. The van der Waals surface area contributed by atoms with Crippen LogP contribution in [0.5, 0.6) is 0 Å². The molecule has 0 heterocycles. The Bertz CT molecular complexity index is 1330. The maximum atomic E-state index is 12.9. The van der Waals surface area contributed by atoms with Crippen LogP contribution in [0.4, 0.5) is 0 Å². The van der Waals surface area contributed by atoms with Crippen molar-refractivity contribution in [1.82, 2.24) is 10.6 Å². The number of alkyl halides is 2. The number of carbonyl (C=O) groups excluding carboxylic acids is 2. The summed E-state index contributed by atoms with van der Waals surface area (Å²) in [7, 11) is -3.86. The summed E-state index contributed by atoms with van der Waals surface area (Å²) in [5.74, 6) is -1.09. The van der Waals surface area contributed by atoms with Crippen LogP contribution in [-0.4, -0.2) is 37.5 Å². The van der Waals surface area contributed by atoms with E-state index in [4.69, 9.17) is 28.3 Å².